The molecule has 1 aliphatic rings. The molecule has 28 heavy (non-hydrogen) atoms. The zero-order valence-corrected chi connectivity index (χ0v) is 18.2. The molecule has 0 bridgehead atoms. The van der Waals surface area contributed by atoms with Crippen LogP contribution in [-0.2, 0) is 0 Å². The molecular formula is C21H36FN5S. The van der Waals surface area contributed by atoms with Crippen molar-refractivity contribution in [2.75, 3.05) is 69.3 Å². The van der Waals surface area contributed by atoms with Gasteiger partial charge in [-0.05, 0) is 50.3 Å². The number of guanidine groups is 1. The number of aliphatic imine (C=N–C) groups is 1. The van der Waals surface area contributed by atoms with Gasteiger partial charge in [0, 0.05) is 52.4 Å². The van der Waals surface area contributed by atoms with E-state index in [4.69, 9.17) is 4.99 Å². The van der Waals surface area contributed by atoms with Gasteiger partial charge in [-0.1, -0.05) is 12.1 Å². The summed E-state index contributed by atoms with van der Waals surface area (Å²) >= 11 is 1.90. The second-order valence-electron chi connectivity index (χ2n) is 7.02. The molecule has 0 amide bonds. The molecule has 0 unspecified atom stereocenters. The van der Waals surface area contributed by atoms with Crippen LogP contribution in [0.2, 0.25) is 0 Å². The minimum absolute atomic E-state index is 0.123. The zero-order chi connectivity index (χ0) is 20.0. The molecule has 1 aliphatic heterocycles. The van der Waals surface area contributed by atoms with E-state index in [-0.39, 0.29) is 5.82 Å². The maximum atomic E-state index is 13.9. The molecule has 5 nitrogen and oxygen atoms in total. The molecule has 0 radical (unpaired) electrons. The highest BCUT2D eigenvalue weighted by Crippen LogP contribution is 2.20. The Bertz CT molecular complexity index is 576. The second-order valence-corrected chi connectivity index (χ2v) is 8.01. The Morgan fingerprint density at radius 2 is 1.89 bits per heavy atom. The van der Waals surface area contributed by atoms with E-state index in [1.54, 1.807) is 12.1 Å². The minimum Gasteiger partial charge on any atom is -0.367 e. The SMILES string of the molecule is CCNC(=NCCCN1CCN(c2ccccc2F)CC1)NCCCCSC. The maximum absolute atomic E-state index is 13.9. The van der Waals surface area contributed by atoms with Crippen molar-refractivity contribution in [2.45, 2.75) is 26.2 Å². The third kappa shape index (κ3) is 8.27. The van der Waals surface area contributed by atoms with Crippen LogP contribution in [0.1, 0.15) is 26.2 Å². The Labute approximate surface area is 174 Å². The fourth-order valence-corrected chi connectivity index (χ4v) is 3.82. The smallest absolute Gasteiger partial charge is 0.191 e. The minimum atomic E-state index is -0.123. The zero-order valence-electron chi connectivity index (χ0n) is 17.4. The predicted octanol–water partition coefficient (Wildman–Crippen LogP) is 3.04. The van der Waals surface area contributed by atoms with Gasteiger partial charge in [0.1, 0.15) is 5.82 Å². The maximum Gasteiger partial charge on any atom is 0.191 e. The largest absolute Gasteiger partial charge is 0.367 e. The van der Waals surface area contributed by atoms with Gasteiger partial charge >= 0.3 is 0 Å². The molecule has 2 rings (SSSR count). The lowest BCUT2D eigenvalue weighted by atomic mass is 10.2. The Hall–Kier alpha value is -1.47. The Morgan fingerprint density at radius 1 is 1.11 bits per heavy atom. The summed E-state index contributed by atoms with van der Waals surface area (Å²) < 4.78 is 13.9. The highest BCUT2D eigenvalue weighted by atomic mass is 32.2. The second kappa shape index (κ2) is 13.7. The Kier molecular flexibility index (Phi) is 11.1. The van der Waals surface area contributed by atoms with Crippen LogP contribution < -0.4 is 15.5 Å². The van der Waals surface area contributed by atoms with Crippen molar-refractivity contribution in [3.05, 3.63) is 30.1 Å². The van der Waals surface area contributed by atoms with Gasteiger partial charge < -0.3 is 15.5 Å². The highest BCUT2D eigenvalue weighted by Gasteiger charge is 2.18. The van der Waals surface area contributed by atoms with Crippen molar-refractivity contribution >= 4 is 23.4 Å². The Morgan fingerprint density at radius 3 is 2.61 bits per heavy atom. The van der Waals surface area contributed by atoms with E-state index in [0.717, 1.165) is 70.4 Å². The average Bonchev–Trinajstić information content (AvgIpc) is 2.72. The molecule has 0 aromatic heterocycles. The van der Waals surface area contributed by atoms with Gasteiger partial charge in [0.15, 0.2) is 5.96 Å². The van der Waals surface area contributed by atoms with E-state index in [1.165, 1.54) is 18.6 Å². The van der Waals surface area contributed by atoms with Crippen molar-refractivity contribution < 1.29 is 4.39 Å². The highest BCUT2D eigenvalue weighted by molar-refractivity contribution is 7.98. The van der Waals surface area contributed by atoms with Crippen molar-refractivity contribution in [1.29, 1.82) is 0 Å². The van der Waals surface area contributed by atoms with Gasteiger partial charge in [-0.15, -0.1) is 0 Å². The molecule has 0 atom stereocenters. The monoisotopic (exact) mass is 409 g/mol. The average molecular weight is 410 g/mol. The number of hydrogen-bond acceptors (Lipinski definition) is 4. The lowest BCUT2D eigenvalue weighted by Gasteiger charge is -2.36. The molecule has 1 aromatic carbocycles. The molecule has 1 saturated heterocycles. The number of unbranched alkanes of at least 4 members (excludes halogenated alkanes) is 1. The van der Waals surface area contributed by atoms with Crippen molar-refractivity contribution in [1.82, 2.24) is 15.5 Å². The first-order valence-corrected chi connectivity index (χ1v) is 11.9. The predicted molar refractivity (Wildman–Crippen MR) is 121 cm³/mol. The van der Waals surface area contributed by atoms with E-state index in [0.29, 0.717) is 0 Å². The summed E-state index contributed by atoms with van der Waals surface area (Å²) in [4.78, 5) is 9.29. The number of hydrogen-bond donors (Lipinski definition) is 2. The quantitative estimate of drug-likeness (QED) is 0.334. The number of rotatable bonds is 11. The number of benzene rings is 1. The van der Waals surface area contributed by atoms with Crippen LogP contribution in [0.15, 0.2) is 29.3 Å². The number of para-hydroxylation sites is 1. The molecule has 1 fully saturated rings. The number of thioether (sulfide) groups is 1. The van der Waals surface area contributed by atoms with Crippen LogP contribution in [0.3, 0.4) is 0 Å². The fraction of sp³-hybridized carbons (Fsp3) is 0.667. The third-order valence-corrected chi connectivity index (χ3v) is 5.58. The number of halogens is 1. The molecule has 0 aliphatic carbocycles. The van der Waals surface area contributed by atoms with E-state index < -0.39 is 0 Å². The van der Waals surface area contributed by atoms with E-state index >= 15 is 0 Å². The first-order chi connectivity index (χ1) is 13.7. The topological polar surface area (TPSA) is 42.9 Å². The van der Waals surface area contributed by atoms with Crippen LogP contribution in [0, 0.1) is 5.82 Å². The lowest BCUT2D eigenvalue weighted by molar-refractivity contribution is 0.256. The molecule has 0 spiro atoms. The van der Waals surface area contributed by atoms with E-state index in [9.17, 15) is 4.39 Å². The summed E-state index contributed by atoms with van der Waals surface area (Å²) in [5.41, 5.74) is 0.727. The summed E-state index contributed by atoms with van der Waals surface area (Å²) in [7, 11) is 0. The van der Waals surface area contributed by atoms with Crippen LogP contribution in [0.4, 0.5) is 10.1 Å². The summed E-state index contributed by atoms with van der Waals surface area (Å²) in [5.74, 6) is 2.03. The van der Waals surface area contributed by atoms with Gasteiger partial charge in [0.2, 0.25) is 0 Å². The molecule has 0 saturated carbocycles. The summed E-state index contributed by atoms with van der Waals surface area (Å²) in [6.07, 6.45) is 5.62. The van der Waals surface area contributed by atoms with Crippen molar-refractivity contribution in [3.63, 3.8) is 0 Å². The summed E-state index contributed by atoms with van der Waals surface area (Å²) in [6.45, 7) is 9.54. The fourth-order valence-electron chi connectivity index (χ4n) is 3.33. The first kappa shape index (κ1) is 22.8. The third-order valence-electron chi connectivity index (χ3n) is 4.88. The molecule has 7 heteroatoms. The van der Waals surface area contributed by atoms with Gasteiger partial charge in [0.25, 0.3) is 0 Å². The molecule has 1 aromatic rings. The normalized spacial score (nSPS) is 15.7. The van der Waals surface area contributed by atoms with Gasteiger partial charge in [-0.2, -0.15) is 11.8 Å². The van der Waals surface area contributed by atoms with Crippen LogP contribution >= 0.6 is 11.8 Å². The number of nitrogens with zero attached hydrogens (tertiary/aromatic N) is 3. The standard InChI is InChI=1S/C21H36FN5S/c1-3-23-21(24-11-6-7-18-28-2)25-12-8-13-26-14-16-27(17-15-26)20-10-5-4-9-19(20)22/h4-5,9-10H,3,6-8,11-18H2,1-2H3,(H2,23,24,25). The Balaban J connectivity index is 1.64. The van der Waals surface area contributed by atoms with Crippen molar-refractivity contribution in [3.8, 4) is 0 Å². The number of anilines is 1. The molecular weight excluding hydrogens is 373 g/mol. The lowest BCUT2D eigenvalue weighted by Crippen LogP contribution is -2.47. The number of nitrogens with one attached hydrogen (secondary N) is 2. The summed E-state index contributed by atoms with van der Waals surface area (Å²) in [5, 5.41) is 6.74. The molecule has 158 valence electrons. The number of piperazine rings is 1. The van der Waals surface area contributed by atoms with Crippen LogP contribution in [0.25, 0.3) is 0 Å². The summed E-state index contributed by atoms with van der Waals surface area (Å²) in [6, 6.07) is 7.06. The molecule has 2 N–H and O–H groups in total. The van der Waals surface area contributed by atoms with Crippen LogP contribution in [0.5, 0.6) is 0 Å². The first-order valence-electron chi connectivity index (χ1n) is 10.5. The van der Waals surface area contributed by atoms with E-state index in [2.05, 4.69) is 33.6 Å². The van der Waals surface area contributed by atoms with Crippen LogP contribution in [-0.4, -0.2) is 75.2 Å². The van der Waals surface area contributed by atoms with Gasteiger partial charge in [-0.3, -0.25) is 9.89 Å². The van der Waals surface area contributed by atoms with Crippen molar-refractivity contribution in [2.24, 2.45) is 4.99 Å². The van der Waals surface area contributed by atoms with Gasteiger partial charge in [0.05, 0.1) is 5.69 Å². The van der Waals surface area contributed by atoms with Gasteiger partial charge in [-0.25, -0.2) is 4.39 Å². The van der Waals surface area contributed by atoms with E-state index in [1.807, 2.05) is 23.9 Å². The molecule has 1 heterocycles.